The first kappa shape index (κ1) is 29.9. The maximum absolute atomic E-state index is 3.89. The second kappa shape index (κ2) is 11.8. The van der Waals surface area contributed by atoms with Crippen molar-refractivity contribution < 1.29 is 0 Å². The Morgan fingerprint density at radius 1 is 0.314 bits per heavy atom. The Kier molecular flexibility index (Phi) is 6.94. The van der Waals surface area contributed by atoms with Crippen molar-refractivity contribution in [2.45, 2.75) is 5.41 Å². The smallest absolute Gasteiger partial charge is 0.0726 e. The van der Waals surface area contributed by atoms with Crippen LogP contribution in [-0.2, 0) is 5.41 Å². The van der Waals surface area contributed by atoms with Gasteiger partial charge in [-0.05, 0) is 104 Å². The molecule has 1 spiro atoms. The van der Waals surface area contributed by atoms with Gasteiger partial charge in [-0.2, -0.15) is 0 Å². The van der Waals surface area contributed by atoms with Crippen LogP contribution in [0.2, 0.25) is 0 Å². The minimum absolute atomic E-state index is 0.451. The third-order valence-electron chi connectivity index (χ3n) is 10.8. The molecular formula is C49H32BrN. The predicted octanol–water partition coefficient (Wildman–Crippen LogP) is 13.6. The first-order chi connectivity index (χ1) is 25.2. The minimum atomic E-state index is -0.451. The topological polar surface area (TPSA) is 3.24 Å². The summed E-state index contributed by atoms with van der Waals surface area (Å²) >= 11 is 3.89. The second-order valence-electron chi connectivity index (χ2n) is 13.3. The molecule has 0 aromatic heterocycles. The van der Waals surface area contributed by atoms with E-state index in [1.165, 1.54) is 66.8 Å². The van der Waals surface area contributed by atoms with E-state index in [4.69, 9.17) is 0 Å². The lowest BCUT2D eigenvalue weighted by atomic mass is 9.70. The van der Waals surface area contributed by atoms with Crippen molar-refractivity contribution in [2.75, 3.05) is 4.90 Å². The van der Waals surface area contributed by atoms with Crippen LogP contribution in [0, 0.1) is 0 Å². The Balaban J connectivity index is 1.37. The Labute approximate surface area is 307 Å². The molecule has 0 aliphatic heterocycles. The Bertz CT molecular complexity index is 2520. The van der Waals surface area contributed by atoms with Gasteiger partial charge in [0, 0.05) is 21.4 Å². The molecule has 2 aliphatic rings. The Hall–Kier alpha value is -5.96. The molecule has 10 rings (SSSR count). The summed E-state index contributed by atoms with van der Waals surface area (Å²) in [5, 5.41) is 0. The zero-order chi connectivity index (χ0) is 33.9. The van der Waals surface area contributed by atoms with Crippen LogP contribution >= 0.6 is 15.9 Å². The van der Waals surface area contributed by atoms with Crippen LogP contribution in [0.1, 0.15) is 22.3 Å². The van der Waals surface area contributed by atoms with Crippen molar-refractivity contribution in [1.29, 1.82) is 0 Å². The number of halogens is 1. The molecule has 0 unspecified atom stereocenters. The summed E-state index contributed by atoms with van der Waals surface area (Å²) in [5.41, 5.74) is 18.1. The quantitative estimate of drug-likeness (QED) is 0.172. The molecule has 2 heteroatoms. The maximum atomic E-state index is 3.89. The van der Waals surface area contributed by atoms with Crippen molar-refractivity contribution in [3.05, 3.63) is 221 Å². The number of hydrogen-bond donors (Lipinski definition) is 0. The standard InChI is InChI=1S/C49H32BrN/c50-47-30-16-12-26-40(47)35-21-7-8-22-36(35)42-31-41-39-25-11-15-29-45(39)49(43-27-13-9-23-37(43)38-24-10-14-28-44(38)49)46(41)32-48(42)51(33-17-3-1-4-18-33)34-19-5-2-6-20-34/h1-32H. The third-order valence-corrected chi connectivity index (χ3v) is 11.5. The van der Waals surface area contributed by atoms with Gasteiger partial charge >= 0.3 is 0 Å². The van der Waals surface area contributed by atoms with Gasteiger partial charge in [0.1, 0.15) is 0 Å². The largest absolute Gasteiger partial charge is 0.310 e. The fourth-order valence-electron chi connectivity index (χ4n) is 8.74. The van der Waals surface area contributed by atoms with Crippen LogP contribution in [0.3, 0.4) is 0 Å². The van der Waals surface area contributed by atoms with E-state index in [1.54, 1.807) is 0 Å². The Morgan fingerprint density at radius 2 is 0.706 bits per heavy atom. The van der Waals surface area contributed by atoms with Crippen LogP contribution in [0.15, 0.2) is 199 Å². The highest BCUT2D eigenvalue weighted by molar-refractivity contribution is 9.10. The van der Waals surface area contributed by atoms with E-state index in [0.29, 0.717) is 0 Å². The highest BCUT2D eigenvalue weighted by Gasteiger charge is 2.52. The second-order valence-corrected chi connectivity index (χ2v) is 14.2. The zero-order valence-electron chi connectivity index (χ0n) is 27.8. The van der Waals surface area contributed by atoms with Crippen LogP contribution < -0.4 is 4.90 Å². The zero-order valence-corrected chi connectivity index (χ0v) is 29.4. The van der Waals surface area contributed by atoms with Gasteiger partial charge in [-0.1, -0.05) is 168 Å². The molecule has 0 atom stereocenters. The number of hydrogen-bond acceptors (Lipinski definition) is 1. The molecule has 0 N–H and O–H groups in total. The lowest BCUT2D eigenvalue weighted by Crippen LogP contribution is -2.26. The minimum Gasteiger partial charge on any atom is -0.310 e. The van der Waals surface area contributed by atoms with E-state index in [2.05, 4.69) is 215 Å². The normalized spacial score (nSPS) is 13.0. The van der Waals surface area contributed by atoms with Gasteiger partial charge in [-0.3, -0.25) is 0 Å². The molecule has 0 fully saturated rings. The average Bonchev–Trinajstić information content (AvgIpc) is 3.66. The molecule has 0 amide bonds. The molecule has 51 heavy (non-hydrogen) atoms. The van der Waals surface area contributed by atoms with E-state index in [1.807, 2.05) is 0 Å². The summed E-state index contributed by atoms with van der Waals surface area (Å²) in [7, 11) is 0. The molecule has 0 bridgehead atoms. The van der Waals surface area contributed by atoms with Crippen molar-refractivity contribution in [1.82, 2.24) is 0 Å². The van der Waals surface area contributed by atoms with Crippen molar-refractivity contribution in [3.8, 4) is 44.5 Å². The average molecular weight is 715 g/mol. The first-order valence-electron chi connectivity index (χ1n) is 17.5. The van der Waals surface area contributed by atoms with Gasteiger partial charge in [0.2, 0.25) is 0 Å². The molecular weight excluding hydrogens is 682 g/mol. The van der Waals surface area contributed by atoms with Crippen molar-refractivity contribution >= 4 is 33.0 Å². The molecule has 0 saturated carbocycles. The predicted molar refractivity (Wildman–Crippen MR) is 216 cm³/mol. The van der Waals surface area contributed by atoms with Crippen LogP contribution in [0.4, 0.5) is 17.1 Å². The molecule has 1 nitrogen and oxygen atoms in total. The van der Waals surface area contributed by atoms with E-state index >= 15 is 0 Å². The molecule has 2 aliphatic carbocycles. The SMILES string of the molecule is Brc1ccccc1-c1ccccc1-c1cc2c(cc1N(c1ccccc1)c1ccccc1)C1(c3ccccc3-c3ccccc31)c1ccccc1-2. The summed E-state index contributed by atoms with van der Waals surface area (Å²) in [6.07, 6.45) is 0. The monoisotopic (exact) mass is 713 g/mol. The number of rotatable bonds is 5. The molecule has 240 valence electrons. The fraction of sp³-hybridized carbons (Fsp3) is 0.0204. The molecule has 8 aromatic rings. The Morgan fingerprint density at radius 3 is 1.22 bits per heavy atom. The van der Waals surface area contributed by atoms with E-state index in [-0.39, 0.29) is 0 Å². The van der Waals surface area contributed by atoms with Gasteiger partial charge in [-0.15, -0.1) is 0 Å². The summed E-state index contributed by atoms with van der Waals surface area (Å²) in [4.78, 5) is 2.44. The lowest BCUT2D eigenvalue weighted by Gasteiger charge is -2.33. The van der Waals surface area contributed by atoms with Gasteiger partial charge < -0.3 is 4.90 Å². The number of benzene rings is 8. The lowest BCUT2D eigenvalue weighted by molar-refractivity contribution is 0.794. The fourth-order valence-corrected chi connectivity index (χ4v) is 9.24. The van der Waals surface area contributed by atoms with E-state index in [9.17, 15) is 0 Å². The summed E-state index contributed by atoms with van der Waals surface area (Å²) < 4.78 is 1.08. The van der Waals surface area contributed by atoms with Gasteiger partial charge in [0.25, 0.3) is 0 Å². The maximum Gasteiger partial charge on any atom is 0.0726 e. The summed E-state index contributed by atoms with van der Waals surface area (Å²) in [6, 6.07) is 71.1. The van der Waals surface area contributed by atoms with Crippen LogP contribution in [-0.4, -0.2) is 0 Å². The van der Waals surface area contributed by atoms with E-state index < -0.39 is 5.41 Å². The van der Waals surface area contributed by atoms with E-state index in [0.717, 1.165) is 21.5 Å². The molecule has 0 radical (unpaired) electrons. The third kappa shape index (κ3) is 4.40. The highest BCUT2D eigenvalue weighted by Crippen LogP contribution is 2.64. The van der Waals surface area contributed by atoms with Crippen LogP contribution in [0.25, 0.3) is 44.5 Å². The van der Waals surface area contributed by atoms with Gasteiger partial charge in [0.05, 0.1) is 11.1 Å². The highest BCUT2D eigenvalue weighted by atomic mass is 79.9. The summed E-state index contributed by atoms with van der Waals surface area (Å²) in [6.45, 7) is 0. The first-order valence-corrected chi connectivity index (χ1v) is 18.3. The van der Waals surface area contributed by atoms with Crippen molar-refractivity contribution in [3.63, 3.8) is 0 Å². The molecule has 8 aromatic carbocycles. The van der Waals surface area contributed by atoms with Crippen LogP contribution in [0.5, 0.6) is 0 Å². The number of nitrogens with zero attached hydrogens (tertiary/aromatic N) is 1. The number of fused-ring (bicyclic) bond motifs is 10. The number of para-hydroxylation sites is 2. The molecule has 0 heterocycles. The molecule has 0 saturated heterocycles. The number of anilines is 3. The van der Waals surface area contributed by atoms with Crippen molar-refractivity contribution in [2.24, 2.45) is 0 Å². The van der Waals surface area contributed by atoms with Gasteiger partial charge in [0.15, 0.2) is 0 Å². The van der Waals surface area contributed by atoms with Gasteiger partial charge in [-0.25, -0.2) is 0 Å². The summed E-state index contributed by atoms with van der Waals surface area (Å²) in [5.74, 6) is 0.